The number of nitro benzene ring substituents is 1. The lowest BCUT2D eigenvalue weighted by atomic mass is 10.1. The first-order chi connectivity index (χ1) is 13.5. The summed E-state index contributed by atoms with van der Waals surface area (Å²) in [6.45, 7) is -0.719. The molecule has 0 saturated heterocycles. The van der Waals surface area contributed by atoms with Crippen LogP contribution in [0.4, 0.5) is 17.1 Å². The minimum atomic E-state index is -4.03. The zero-order valence-electron chi connectivity index (χ0n) is 15.5. The SMILES string of the molecule is COc1ccc([N+](=O)[O-])cc1N(CC(=O)Nc1ccccc1C(N)=O)S(C)(=O)=O. The number of hydrogen-bond acceptors (Lipinski definition) is 7. The van der Waals surface area contributed by atoms with Crippen molar-refractivity contribution >= 4 is 38.9 Å². The number of ether oxygens (including phenoxy) is 1. The van der Waals surface area contributed by atoms with Crippen LogP contribution in [0.1, 0.15) is 10.4 Å². The third-order valence-corrected chi connectivity index (χ3v) is 4.92. The van der Waals surface area contributed by atoms with Crippen LogP contribution < -0.4 is 20.1 Å². The number of hydrogen-bond donors (Lipinski definition) is 2. The van der Waals surface area contributed by atoms with E-state index < -0.39 is 33.3 Å². The molecule has 0 unspecified atom stereocenters. The van der Waals surface area contributed by atoms with E-state index in [1.165, 1.54) is 25.3 Å². The van der Waals surface area contributed by atoms with Crippen LogP contribution in [0.5, 0.6) is 5.75 Å². The average Bonchev–Trinajstić information content (AvgIpc) is 2.65. The summed E-state index contributed by atoms with van der Waals surface area (Å²) in [5.74, 6) is -1.55. The highest BCUT2D eigenvalue weighted by Crippen LogP contribution is 2.33. The molecule has 12 heteroatoms. The van der Waals surface area contributed by atoms with Crippen molar-refractivity contribution < 1.29 is 27.7 Å². The fraction of sp³-hybridized carbons (Fsp3) is 0.176. The van der Waals surface area contributed by atoms with Gasteiger partial charge < -0.3 is 15.8 Å². The molecular weight excluding hydrogens is 404 g/mol. The molecule has 2 amide bonds. The predicted octanol–water partition coefficient (Wildman–Crippen LogP) is 1.11. The van der Waals surface area contributed by atoms with E-state index in [-0.39, 0.29) is 28.4 Å². The Morgan fingerprint density at radius 2 is 1.90 bits per heavy atom. The van der Waals surface area contributed by atoms with E-state index in [4.69, 9.17) is 10.5 Å². The van der Waals surface area contributed by atoms with Gasteiger partial charge in [0.2, 0.25) is 15.9 Å². The van der Waals surface area contributed by atoms with E-state index in [0.29, 0.717) is 4.31 Å². The van der Waals surface area contributed by atoms with E-state index in [1.807, 2.05) is 0 Å². The van der Waals surface area contributed by atoms with E-state index in [0.717, 1.165) is 18.4 Å². The maximum Gasteiger partial charge on any atom is 0.271 e. The first kappa shape index (κ1) is 21.6. The van der Waals surface area contributed by atoms with Crippen molar-refractivity contribution in [3.05, 3.63) is 58.1 Å². The van der Waals surface area contributed by atoms with Crippen molar-refractivity contribution in [2.75, 3.05) is 29.5 Å². The molecule has 0 aromatic heterocycles. The summed E-state index contributed by atoms with van der Waals surface area (Å²) in [6.07, 6.45) is 0.843. The van der Waals surface area contributed by atoms with Crippen molar-refractivity contribution in [2.24, 2.45) is 5.73 Å². The van der Waals surface area contributed by atoms with Gasteiger partial charge >= 0.3 is 0 Å². The van der Waals surface area contributed by atoms with E-state index >= 15 is 0 Å². The van der Waals surface area contributed by atoms with Gasteiger partial charge in [0.1, 0.15) is 18.0 Å². The molecule has 2 aromatic rings. The van der Waals surface area contributed by atoms with Gasteiger partial charge in [-0.05, 0) is 18.2 Å². The molecule has 0 fully saturated rings. The van der Waals surface area contributed by atoms with Gasteiger partial charge in [0.05, 0.1) is 29.5 Å². The van der Waals surface area contributed by atoms with Gasteiger partial charge in [-0.3, -0.25) is 24.0 Å². The van der Waals surface area contributed by atoms with Crippen LogP contribution in [-0.2, 0) is 14.8 Å². The third-order valence-electron chi connectivity index (χ3n) is 3.80. The lowest BCUT2D eigenvalue weighted by molar-refractivity contribution is -0.384. The third kappa shape index (κ3) is 5.19. The molecule has 0 saturated carbocycles. The summed E-state index contributed by atoms with van der Waals surface area (Å²) in [5.41, 5.74) is 4.84. The fourth-order valence-corrected chi connectivity index (χ4v) is 3.35. The second-order valence-electron chi connectivity index (χ2n) is 5.84. The molecule has 29 heavy (non-hydrogen) atoms. The summed E-state index contributed by atoms with van der Waals surface area (Å²) in [5, 5.41) is 13.5. The topological polar surface area (TPSA) is 162 Å². The summed E-state index contributed by atoms with van der Waals surface area (Å²) in [6, 6.07) is 9.29. The number of benzene rings is 2. The number of carbonyl (C=O) groups excluding carboxylic acids is 2. The van der Waals surface area contributed by atoms with Crippen molar-refractivity contribution in [1.29, 1.82) is 0 Å². The highest BCUT2D eigenvalue weighted by Gasteiger charge is 2.26. The van der Waals surface area contributed by atoms with Gasteiger partial charge in [-0.15, -0.1) is 0 Å². The molecule has 0 bridgehead atoms. The Labute approximate surface area is 166 Å². The number of nitro groups is 1. The van der Waals surface area contributed by atoms with Crippen LogP contribution in [0.2, 0.25) is 0 Å². The molecule has 0 radical (unpaired) electrons. The number of amides is 2. The molecular formula is C17H18N4O7S. The largest absolute Gasteiger partial charge is 0.495 e. The number of carbonyl (C=O) groups is 2. The molecule has 0 aliphatic heterocycles. The maximum atomic E-state index is 12.5. The monoisotopic (exact) mass is 422 g/mol. The molecule has 0 atom stereocenters. The standard InChI is InChI=1S/C17H18N4O7S/c1-28-15-8-7-11(21(24)25)9-14(15)20(29(2,26)27)10-16(22)19-13-6-4-3-5-12(13)17(18)23/h3-9H,10H2,1-2H3,(H2,18,23)(H,19,22). The Kier molecular flexibility index (Phi) is 6.38. The van der Waals surface area contributed by atoms with E-state index in [9.17, 15) is 28.1 Å². The van der Waals surface area contributed by atoms with Crippen LogP contribution in [0, 0.1) is 10.1 Å². The van der Waals surface area contributed by atoms with E-state index in [2.05, 4.69) is 5.32 Å². The molecule has 154 valence electrons. The minimum Gasteiger partial charge on any atom is -0.495 e. The lowest BCUT2D eigenvalue weighted by Crippen LogP contribution is -2.38. The maximum absolute atomic E-state index is 12.5. The quantitative estimate of drug-likeness (QED) is 0.475. The normalized spacial score (nSPS) is 10.8. The van der Waals surface area contributed by atoms with Crippen LogP contribution in [-0.4, -0.2) is 45.1 Å². The number of methoxy groups -OCH3 is 1. The van der Waals surface area contributed by atoms with Crippen LogP contribution in [0.25, 0.3) is 0 Å². The Morgan fingerprint density at radius 3 is 2.45 bits per heavy atom. The first-order valence-corrected chi connectivity index (χ1v) is 9.88. The molecule has 0 heterocycles. The van der Waals surface area contributed by atoms with Gasteiger partial charge in [-0.1, -0.05) is 12.1 Å². The highest BCUT2D eigenvalue weighted by molar-refractivity contribution is 7.92. The molecule has 2 aromatic carbocycles. The second kappa shape index (κ2) is 8.56. The van der Waals surface area contributed by atoms with Crippen molar-refractivity contribution in [3.63, 3.8) is 0 Å². The zero-order chi connectivity index (χ0) is 21.8. The van der Waals surface area contributed by atoms with Gasteiger partial charge in [0.25, 0.3) is 11.6 Å². The number of rotatable bonds is 8. The van der Waals surface area contributed by atoms with Gasteiger partial charge in [0.15, 0.2) is 0 Å². The zero-order valence-corrected chi connectivity index (χ0v) is 16.3. The molecule has 0 spiro atoms. The van der Waals surface area contributed by atoms with Crippen molar-refractivity contribution in [3.8, 4) is 5.75 Å². The van der Waals surface area contributed by atoms with Crippen LogP contribution >= 0.6 is 0 Å². The average molecular weight is 422 g/mol. The number of anilines is 2. The Morgan fingerprint density at radius 1 is 1.24 bits per heavy atom. The van der Waals surface area contributed by atoms with Crippen molar-refractivity contribution in [2.45, 2.75) is 0 Å². The van der Waals surface area contributed by atoms with Crippen molar-refractivity contribution in [1.82, 2.24) is 0 Å². The summed E-state index contributed by atoms with van der Waals surface area (Å²) >= 11 is 0. The minimum absolute atomic E-state index is 0.0198. The number of non-ortho nitro benzene ring substituents is 1. The Balaban J connectivity index is 2.41. The molecule has 0 aliphatic carbocycles. The lowest BCUT2D eigenvalue weighted by Gasteiger charge is -2.23. The van der Waals surface area contributed by atoms with Gasteiger partial charge in [-0.25, -0.2) is 8.42 Å². The highest BCUT2D eigenvalue weighted by atomic mass is 32.2. The molecule has 0 aliphatic rings. The summed E-state index contributed by atoms with van der Waals surface area (Å²) in [4.78, 5) is 34.3. The van der Waals surface area contributed by atoms with Gasteiger partial charge in [-0.2, -0.15) is 0 Å². The predicted molar refractivity (Wildman–Crippen MR) is 105 cm³/mol. The molecule has 3 N–H and O–H groups in total. The smallest absolute Gasteiger partial charge is 0.271 e. The molecule has 2 rings (SSSR count). The first-order valence-electron chi connectivity index (χ1n) is 8.03. The number of nitrogens with two attached hydrogens (primary N) is 1. The number of sulfonamides is 1. The molecule has 11 nitrogen and oxygen atoms in total. The summed E-state index contributed by atoms with van der Waals surface area (Å²) in [7, 11) is -2.77. The van der Waals surface area contributed by atoms with E-state index in [1.54, 1.807) is 12.1 Å². The number of primary amides is 1. The number of nitrogens with zero attached hydrogens (tertiary/aromatic N) is 2. The number of para-hydroxylation sites is 1. The Hall–Kier alpha value is -3.67. The second-order valence-corrected chi connectivity index (χ2v) is 7.75. The fourth-order valence-electron chi connectivity index (χ4n) is 2.50. The number of nitrogens with one attached hydrogen (secondary N) is 1. The van der Waals surface area contributed by atoms with Crippen LogP contribution in [0.3, 0.4) is 0 Å². The Bertz CT molecular complexity index is 1070. The van der Waals surface area contributed by atoms with Crippen LogP contribution in [0.15, 0.2) is 42.5 Å². The van der Waals surface area contributed by atoms with Gasteiger partial charge in [0, 0.05) is 12.1 Å². The summed E-state index contributed by atoms with van der Waals surface area (Å²) < 4.78 is 30.3.